The Morgan fingerprint density at radius 2 is 2.12 bits per heavy atom. The molecular weight excluding hydrogens is 253 g/mol. The first kappa shape index (κ1) is 12.0. The van der Waals surface area contributed by atoms with Crippen molar-refractivity contribution in [2.45, 2.75) is 30.7 Å². The number of aliphatic carboxylic acids is 1. The minimum absolute atomic E-state index is 0.0798. The molecule has 2 saturated carbocycles. The van der Waals surface area contributed by atoms with E-state index in [-0.39, 0.29) is 23.4 Å². The van der Waals surface area contributed by atoms with Crippen LogP contribution in [0.3, 0.4) is 0 Å². The lowest BCUT2D eigenvalue weighted by atomic mass is 10.1. The van der Waals surface area contributed by atoms with E-state index in [4.69, 9.17) is 33.1 Å². The van der Waals surface area contributed by atoms with Crippen molar-refractivity contribution in [3.8, 4) is 0 Å². The summed E-state index contributed by atoms with van der Waals surface area (Å²) in [6.45, 7) is 3.79. The number of oxime groups is 1. The molecule has 0 amide bonds. The van der Waals surface area contributed by atoms with Gasteiger partial charge < -0.3 is 9.94 Å². The lowest BCUT2D eigenvalue weighted by Gasteiger charge is -1.98. The quantitative estimate of drug-likeness (QED) is 0.482. The molecule has 0 heterocycles. The van der Waals surface area contributed by atoms with Crippen molar-refractivity contribution in [2.24, 2.45) is 22.4 Å². The third kappa shape index (κ3) is 2.00. The number of alkyl halides is 2. The minimum Gasteiger partial charge on any atom is -0.481 e. The zero-order valence-electron chi connectivity index (χ0n) is 8.98. The first-order valence-electron chi connectivity index (χ1n) is 5.07. The molecule has 0 aromatic carbocycles. The Bertz CT molecular complexity index is 354. The second-order valence-corrected chi connectivity index (χ2v) is 6.52. The normalized spacial score (nSPS) is 38.4. The molecule has 0 aliphatic heterocycles. The molecule has 0 aromatic rings. The number of rotatable bonds is 4. The van der Waals surface area contributed by atoms with Crippen LogP contribution >= 0.6 is 23.2 Å². The van der Waals surface area contributed by atoms with Crippen LogP contribution in [0, 0.1) is 17.3 Å². The number of hydrogen-bond donors (Lipinski definition) is 1. The molecule has 2 rings (SSSR count). The van der Waals surface area contributed by atoms with Crippen LogP contribution in [0.1, 0.15) is 20.3 Å². The van der Waals surface area contributed by atoms with Crippen molar-refractivity contribution >= 4 is 35.4 Å². The van der Waals surface area contributed by atoms with Crippen molar-refractivity contribution < 1.29 is 14.7 Å². The molecule has 0 spiro atoms. The van der Waals surface area contributed by atoms with Gasteiger partial charge in [0.2, 0.25) is 0 Å². The molecule has 4 nitrogen and oxygen atoms in total. The summed E-state index contributed by atoms with van der Waals surface area (Å²) in [5, 5.41) is 12.7. The van der Waals surface area contributed by atoms with Gasteiger partial charge in [0.15, 0.2) is 10.4 Å². The van der Waals surface area contributed by atoms with E-state index < -0.39 is 10.3 Å². The summed E-state index contributed by atoms with van der Waals surface area (Å²) in [7, 11) is 0. The smallest absolute Gasteiger partial charge is 0.307 e. The molecule has 0 aromatic heterocycles. The van der Waals surface area contributed by atoms with Gasteiger partial charge in [-0.25, -0.2) is 0 Å². The van der Waals surface area contributed by atoms with Gasteiger partial charge in [0, 0.05) is 18.6 Å². The fraction of sp³-hybridized carbons (Fsp3) is 0.800. The van der Waals surface area contributed by atoms with Crippen LogP contribution in [-0.2, 0) is 9.63 Å². The van der Waals surface area contributed by atoms with Crippen LogP contribution in [0.25, 0.3) is 0 Å². The van der Waals surface area contributed by atoms with Gasteiger partial charge in [0.05, 0.1) is 5.92 Å². The Morgan fingerprint density at radius 1 is 1.56 bits per heavy atom. The monoisotopic (exact) mass is 265 g/mol. The third-order valence-corrected chi connectivity index (χ3v) is 4.15. The Morgan fingerprint density at radius 3 is 2.50 bits per heavy atom. The van der Waals surface area contributed by atoms with Crippen LogP contribution in [0.15, 0.2) is 5.16 Å². The topological polar surface area (TPSA) is 58.9 Å². The summed E-state index contributed by atoms with van der Waals surface area (Å²) in [6.07, 6.45) is 1.84. The van der Waals surface area contributed by atoms with E-state index in [0.29, 0.717) is 6.42 Å². The van der Waals surface area contributed by atoms with E-state index in [1.54, 1.807) is 6.21 Å². The molecular formula is C10H13Cl2NO3. The molecule has 90 valence electrons. The average molecular weight is 266 g/mol. The molecule has 0 saturated heterocycles. The van der Waals surface area contributed by atoms with E-state index in [1.165, 1.54) is 0 Å². The SMILES string of the molecule is CC1(C)C(/C=N/OC2CC2(Cl)Cl)[C@H]1C(=O)O. The first-order valence-corrected chi connectivity index (χ1v) is 5.82. The Hall–Kier alpha value is -0.480. The second kappa shape index (κ2) is 3.50. The highest BCUT2D eigenvalue weighted by molar-refractivity contribution is 6.51. The van der Waals surface area contributed by atoms with Crippen LogP contribution in [0.2, 0.25) is 0 Å². The lowest BCUT2D eigenvalue weighted by Crippen LogP contribution is -2.03. The number of hydrogen-bond acceptors (Lipinski definition) is 3. The van der Waals surface area contributed by atoms with E-state index in [1.807, 2.05) is 13.8 Å². The lowest BCUT2D eigenvalue weighted by molar-refractivity contribution is -0.139. The molecule has 0 radical (unpaired) electrons. The first-order chi connectivity index (χ1) is 7.27. The average Bonchev–Trinajstić information content (AvgIpc) is 2.88. The zero-order chi connectivity index (χ0) is 12.1. The highest BCUT2D eigenvalue weighted by Gasteiger charge is 2.61. The van der Waals surface area contributed by atoms with Crippen LogP contribution in [0.4, 0.5) is 0 Å². The van der Waals surface area contributed by atoms with Crippen molar-refractivity contribution in [3.63, 3.8) is 0 Å². The molecule has 2 fully saturated rings. The summed E-state index contributed by atoms with van der Waals surface area (Å²) < 4.78 is -0.817. The van der Waals surface area contributed by atoms with E-state index >= 15 is 0 Å². The largest absolute Gasteiger partial charge is 0.481 e. The Labute approximate surface area is 104 Å². The maximum atomic E-state index is 10.9. The third-order valence-electron chi connectivity index (χ3n) is 3.35. The van der Waals surface area contributed by atoms with Gasteiger partial charge in [-0.2, -0.15) is 0 Å². The van der Waals surface area contributed by atoms with Gasteiger partial charge >= 0.3 is 5.97 Å². The number of halogens is 2. The van der Waals surface area contributed by atoms with Gasteiger partial charge in [-0.05, 0) is 5.41 Å². The summed E-state index contributed by atoms with van der Waals surface area (Å²) in [5.74, 6) is -1.25. The van der Waals surface area contributed by atoms with Crippen molar-refractivity contribution in [3.05, 3.63) is 0 Å². The van der Waals surface area contributed by atoms with E-state index in [2.05, 4.69) is 5.16 Å². The number of carboxylic acid groups (broad SMARTS) is 1. The van der Waals surface area contributed by atoms with Gasteiger partial charge in [-0.1, -0.05) is 42.2 Å². The highest BCUT2D eigenvalue weighted by atomic mass is 35.5. The van der Waals surface area contributed by atoms with Gasteiger partial charge in [0.25, 0.3) is 0 Å². The van der Waals surface area contributed by atoms with Gasteiger partial charge in [-0.15, -0.1) is 0 Å². The van der Waals surface area contributed by atoms with Gasteiger partial charge in [-0.3, -0.25) is 4.79 Å². The molecule has 16 heavy (non-hydrogen) atoms. The predicted molar refractivity (Wildman–Crippen MR) is 60.8 cm³/mol. The number of carboxylic acids is 1. The van der Waals surface area contributed by atoms with Crippen LogP contribution in [0.5, 0.6) is 0 Å². The van der Waals surface area contributed by atoms with Gasteiger partial charge in [0.1, 0.15) is 0 Å². The molecule has 2 aliphatic carbocycles. The van der Waals surface area contributed by atoms with Crippen molar-refractivity contribution in [1.29, 1.82) is 0 Å². The maximum Gasteiger partial charge on any atom is 0.307 e. The van der Waals surface area contributed by atoms with E-state index in [0.717, 1.165) is 0 Å². The number of carbonyl (C=O) groups is 1. The summed E-state index contributed by atoms with van der Waals surface area (Å²) in [4.78, 5) is 15.9. The molecule has 6 heteroatoms. The fourth-order valence-corrected chi connectivity index (χ4v) is 2.26. The summed E-state index contributed by atoms with van der Waals surface area (Å²) in [5.41, 5.74) is -0.249. The molecule has 2 aliphatic rings. The summed E-state index contributed by atoms with van der Waals surface area (Å²) in [6, 6.07) is 0. The predicted octanol–water partition coefficient (Wildman–Crippen LogP) is 2.29. The zero-order valence-corrected chi connectivity index (χ0v) is 10.5. The Balaban J connectivity index is 1.83. The summed E-state index contributed by atoms with van der Waals surface area (Å²) >= 11 is 11.5. The minimum atomic E-state index is -0.817. The maximum absolute atomic E-state index is 10.9. The highest BCUT2D eigenvalue weighted by Crippen LogP contribution is 2.57. The van der Waals surface area contributed by atoms with E-state index in [9.17, 15) is 4.79 Å². The second-order valence-electron chi connectivity index (χ2n) is 4.98. The van der Waals surface area contributed by atoms with Crippen molar-refractivity contribution in [1.82, 2.24) is 0 Å². The molecule has 2 unspecified atom stereocenters. The van der Waals surface area contributed by atoms with Crippen molar-refractivity contribution in [2.75, 3.05) is 0 Å². The van der Waals surface area contributed by atoms with Crippen LogP contribution < -0.4 is 0 Å². The van der Waals surface area contributed by atoms with Crippen LogP contribution in [-0.4, -0.2) is 27.7 Å². The molecule has 0 bridgehead atoms. The molecule has 1 N–H and O–H groups in total. The standard InChI is InChI=1S/C10H13Cl2NO3/c1-9(2)5(7(9)8(14)15)4-13-16-6-3-10(6,11)12/h4-7H,3H2,1-2H3,(H,14,15)/b13-4+/t5?,6?,7-/m0/s1. The Kier molecular flexibility index (Phi) is 2.63. The number of nitrogens with zero attached hydrogens (tertiary/aromatic N) is 1. The molecule has 3 atom stereocenters. The fourth-order valence-electron chi connectivity index (χ4n) is 1.90.